The fraction of sp³-hybridized carbons (Fsp3) is 0.294. The van der Waals surface area contributed by atoms with E-state index in [1.54, 1.807) is 42.5 Å². The lowest BCUT2D eigenvalue weighted by molar-refractivity contribution is 0.402. The van der Waals surface area contributed by atoms with E-state index in [1.165, 1.54) is 14.2 Å². The lowest BCUT2D eigenvalue weighted by Crippen LogP contribution is -2.15. The number of methoxy groups -OCH3 is 2. The fourth-order valence-corrected chi connectivity index (χ4v) is 3.42. The summed E-state index contributed by atoms with van der Waals surface area (Å²) in [4.78, 5) is 0.0929. The molecule has 0 saturated carbocycles. The summed E-state index contributed by atoms with van der Waals surface area (Å²) in [5.41, 5.74) is 1.39. The van der Waals surface area contributed by atoms with Crippen molar-refractivity contribution in [3.8, 4) is 11.5 Å². The van der Waals surface area contributed by atoms with E-state index in [1.807, 2.05) is 13.8 Å². The molecular formula is C17H21NO4S. The van der Waals surface area contributed by atoms with Gasteiger partial charge in [0.25, 0.3) is 10.0 Å². The zero-order valence-electron chi connectivity index (χ0n) is 13.7. The molecule has 0 saturated heterocycles. The first-order chi connectivity index (χ1) is 10.9. The number of hydrogen-bond donors (Lipinski definition) is 1. The maximum absolute atomic E-state index is 12.7. The van der Waals surface area contributed by atoms with Gasteiger partial charge in [0.15, 0.2) is 0 Å². The Balaban J connectivity index is 2.43. The molecule has 0 bridgehead atoms. The lowest BCUT2D eigenvalue weighted by atomic mass is 10.0. The first-order valence-electron chi connectivity index (χ1n) is 7.23. The van der Waals surface area contributed by atoms with Gasteiger partial charge in [-0.25, -0.2) is 8.42 Å². The Morgan fingerprint density at radius 1 is 0.957 bits per heavy atom. The van der Waals surface area contributed by atoms with Gasteiger partial charge < -0.3 is 9.47 Å². The number of anilines is 1. The summed E-state index contributed by atoms with van der Waals surface area (Å²) < 4.78 is 38.4. The lowest BCUT2D eigenvalue weighted by Gasteiger charge is -2.15. The van der Waals surface area contributed by atoms with Crippen LogP contribution in [0.3, 0.4) is 0 Å². The Morgan fingerprint density at radius 2 is 1.61 bits per heavy atom. The van der Waals surface area contributed by atoms with E-state index in [0.29, 0.717) is 17.2 Å². The zero-order valence-corrected chi connectivity index (χ0v) is 14.5. The highest BCUT2D eigenvalue weighted by Gasteiger charge is 2.21. The average Bonchev–Trinajstić information content (AvgIpc) is 2.54. The number of nitrogens with one attached hydrogen (secondary N) is 1. The van der Waals surface area contributed by atoms with E-state index < -0.39 is 10.0 Å². The zero-order chi connectivity index (χ0) is 17.0. The Hall–Kier alpha value is -2.21. The van der Waals surface area contributed by atoms with Gasteiger partial charge in [-0.2, -0.15) is 0 Å². The van der Waals surface area contributed by atoms with Gasteiger partial charge >= 0.3 is 0 Å². The van der Waals surface area contributed by atoms with E-state index in [0.717, 1.165) is 5.56 Å². The van der Waals surface area contributed by atoms with Crippen LogP contribution in [-0.2, 0) is 10.0 Å². The fourth-order valence-electron chi connectivity index (χ4n) is 2.19. The van der Waals surface area contributed by atoms with Crippen molar-refractivity contribution in [3.05, 3.63) is 48.0 Å². The van der Waals surface area contributed by atoms with Crippen LogP contribution >= 0.6 is 0 Å². The maximum Gasteiger partial charge on any atom is 0.265 e. The molecule has 6 heteroatoms. The second-order valence-corrected chi connectivity index (χ2v) is 7.02. The smallest absolute Gasteiger partial charge is 0.265 e. The number of hydrogen-bond acceptors (Lipinski definition) is 4. The predicted molar refractivity (Wildman–Crippen MR) is 90.9 cm³/mol. The highest BCUT2D eigenvalue weighted by atomic mass is 32.2. The van der Waals surface area contributed by atoms with Crippen LogP contribution in [0.4, 0.5) is 5.69 Å². The average molecular weight is 335 g/mol. The summed E-state index contributed by atoms with van der Waals surface area (Å²) in [6.07, 6.45) is 0. The van der Waals surface area contributed by atoms with Crippen molar-refractivity contribution in [2.24, 2.45) is 0 Å². The second-order valence-electron chi connectivity index (χ2n) is 5.37. The summed E-state index contributed by atoms with van der Waals surface area (Å²) in [6, 6.07) is 12.0. The van der Waals surface area contributed by atoms with Crippen molar-refractivity contribution in [2.45, 2.75) is 24.7 Å². The van der Waals surface area contributed by atoms with Crippen molar-refractivity contribution in [1.29, 1.82) is 0 Å². The Kier molecular flexibility index (Phi) is 5.15. The molecule has 2 rings (SSSR count). The molecule has 0 atom stereocenters. The third kappa shape index (κ3) is 3.76. The summed E-state index contributed by atoms with van der Waals surface area (Å²) in [7, 11) is -0.835. The van der Waals surface area contributed by atoms with Crippen molar-refractivity contribution >= 4 is 15.7 Å². The molecule has 0 radical (unpaired) electrons. The molecule has 0 amide bonds. The summed E-state index contributed by atoms with van der Waals surface area (Å²) >= 11 is 0. The number of para-hydroxylation sites is 2. The van der Waals surface area contributed by atoms with Crippen molar-refractivity contribution in [1.82, 2.24) is 0 Å². The van der Waals surface area contributed by atoms with E-state index in [4.69, 9.17) is 9.47 Å². The number of sulfonamides is 1. The molecule has 2 aromatic rings. The highest BCUT2D eigenvalue weighted by molar-refractivity contribution is 7.92. The first-order valence-corrected chi connectivity index (χ1v) is 8.71. The van der Waals surface area contributed by atoms with Gasteiger partial charge in [0.05, 0.1) is 19.9 Å². The number of benzene rings is 2. The molecule has 0 aromatic heterocycles. The molecule has 23 heavy (non-hydrogen) atoms. The van der Waals surface area contributed by atoms with E-state index in [9.17, 15) is 8.42 Å². The summed E-state index contributed by atoms with van der Waals surface area (Å²) in [5, 5.41) is 0. The van der Waals surface area contributed by atoms with Crippen LogP contribution in [0.1, 0.15) is 25.3 Å². The number of ether oxygens (including phenoxy) is 2. The van der Waals surface area contributed by atoms with Gasteiger partial charge in [-0.05, 0) is 35.7 Å². The topological polar surface area (TPSA) is 64.6 Å². The monoisotopic (exact) mass is 335 g/mol. The van der Waals surface area contributed by atoms with E-state index in [-0.39, 0.29) is 10.8 Å². The SMILES string of the molecule is COc1ccccc1NS(=O)(=O)c1ccc(C(C)C)cc1OC. The van der Waals surface area contributed by atoms with Crippen molar-refractivity contribution in [2.75, 3.05) is 18.9 Å². The molecule has 0 aliphatic carbocycles. The van der Waals surface area contributed by atoms with Gasteiger partial charge in [-0.3, -0.25) is 4.72 Å². The van der Waals surface area contributed by atoms with Crippen LogP contribution in [0.2, 0.25) is 0 Å². The van der Waals surface area contributed by atoms with Crippen molar-refractivity contribution in [3.63, 3.8) is 0 Å². The Morgan fingerprint density at radius 3 is 2.22 bits per heavy atom. The van der Waals surface area contributed by atoms with E-state index >= 15 is 0 Å². The van der Waals surface area contributed by atoms with Gasteiger partial charge in [-0.1, -0.05) is 32.0 Å². The molecule has 1 N–H and O–H groups in total. The molecule has 0 aliphatic heterocycles. The van der Waals surface area contributed by atoms with Gasteiger partial charge in [0.1, 0.15) is 16.4 Å². The Labute approximate surface area is 137 Å². The minimum atomic E-state index is -3.79. The van der Waals surface area contributed by atoms with E-state index in [2.05, 4.69) is 4.72 Å². The molecule has 0 fully saturated rings. The number of rotatable bonds is 6. The summed E-state index contributed by atoms with van der Waals surface area (Å²) in [6.45, 7) is 4.08. The quantitative estimate of drug-likeness (QED) is 0.875. The highest BCUT2D eigenvalue weighted by Crippen LogP contribution is 2.31. The minimum Gasteiger partial charge on any atom is -0.495 e. The molecular weight excluding hydrogens is 314 g/mol. The van der Waals surface area contributed by atoms with Crippen LogP contribution in [0.15, 0.2) is 47.4 Å². The molecule has 0 unspecified atom stereocenters. The van der Waals surface area contributed by atoms with Crippen LogP contribution in [0.25, 0.3) is 0 Å². The van der Waals surface area contributed by atoms with Crippen LogP contribution in [0.5, 0.6) is 11.5 Å². The molecule has 124 valence electrons. The minimum absolute atomic E-state index is 0.0929. The first kappa shape index (κ1) is 17.1. The third-order valence-corrected chi connectivity index (χ3v) is 4.90. The van der Waals surface area contributed by atoms with Crippen LogP contribution < -0.4 is 14.2 Å². The predicted octanol–water partition coefficient (Wildman–Crippen LogP) is 3.63. The van der Waals surface area contributed by atoms with Crippen molar-refractivity contribution < 1.29 is 17.9 Å². The maximum atomic E-state index is 12.7. The van der Waals surface area contributed by atoms with Crippen LogP contribution in [-0.4, -0.2) is 22.6 Å². The second kappa shape index (κ2) is 6.91. The van der Waals surface area contributed by atoms with Crippen LogP contribution in [0, 0.1) is 0 Å². The summed E-state index contributed by atoms with van der Waals surface area (Å²) in [5.74, 6) is 1.05. The third-order valence-electron chi connectivity index (χ3n) is 3.50. The Bertz CT molecular complexity index is 785. The molecule has 2 aromatic carbocycles. The normalized spacial score (nSPS) is 11.3. The molecule has 5 nitrogen and oxygen atoms in total. The van der Waals surface area contributed by atoms with Gasteiger partial charge in [0, 0.05) is 0 Å². The van der Waals surface area contributed by atoms with Gasteiger partial charge in [0.2, 0.25) is 0 Å². The molecule has 0 heterocycles. The largest absolute Gasteiger partial charge is 0.495 e. The molecule has 0 spiro atoms. The molecule has 0 aliphatic rings. The van der Waals surface area contributed by atoms with Gasteiger partial charge in [-0.15, -0.1) is 0 Å². The standard InChI is InChI=1S/C17H21NO4S/c1-12(2)13-9-10-17(16(11-13)22-4)23(19,20)18-14-7-5-6-8-15(14)21-3/h5-12,18H,1-4H3.